The first kappa shape index (κ1) is 18.2. The van der Waals surface area contributed by atoms with E-state index in [0.29, 0.717) is 36.6 Å². The number of piperidine rings is 1. The quantitative estimate of drug-likeness (QED) is 0.624. The zero-order valence-electron chi connectivity index (χ0n) is 15.5. The number of aryl methyl sites for hydroxylation is 1. The van der Waals surface area contributed by atoms with Crippen LogP contribution in [0.4, 0.5) is 0 Å². The van der Waals surface area contributed by atoms with Gasteiger partial charge in [0.2, 0.25) is 5.91 Å². The van der Waals surface area contributed by atoms with Gasteiger partial charge in [0, 0.05) is 30.3 Å². The van der Waals surface area contributed by atoms with Gasteiger partial charge in [-0.05, 0) is 25.0 Å². The Morgan fingerprint density at radius 1 is 1.43 bits per heavy atom. The van der Waals surface area contributed by atoms with Gasteiger partial charge in [-0.3, -0.25) is 14.4 Å². The third-order valence-corrected chi connectivity index (χ3v) is 5.84. The first-order valence-electron chi connectivity index (χ1n) is 8.99. The standard InChI is InChI=1S/C20H19NO7/c1-9-12-5-16(27-2)18(25)14(8-22)19(12)28-20(26)13(9)6-17(24)21-7-10-3-11(21)4-15(10)23/h5,8,10-11,25H,3-4,6-7H2,1-2H3/t10-,11-/m1/s1. The van der Waals surface area contributed by atoms with Crippen LogP contribution >= 0.6 is 0 Å². The van der Waals surface area contributed by atoms with Crippen LogP contribution in [0, 0.1) is 12.8 Å². The number of hydrogen-bond donors (Lipinski definition) is 1. The van der Waals surface area contributed by atoms with Gasteiger partial charge >= 0.3 is 5.63 Å². The molecule has 2 atom stereocenters. The average Bonchev–Trinajstić information content (AvgIpc) is 3.24. The summed E-state index contributed by atoms with van der Waals surface area (Å²) < 4.78 is 10.4. The van der Waals surface area contributed by atoms with Crippen molar-refractivity contribution in [1.82, 2.24) is 4.90 Å². The Morgan fingerprint density at radius 2 is 2.18 bits per heavy atom. The van der Waals surface area contributed by atoms with E-state index >= 15 is 0 Å². The minimum atomic E-state index is -0.730. The Labute approximate surface area is 159 Å². The maximum absolute atomic E-state index is 12.8. The molecule has 2 fully saturated rings. The van der Waals surface area contributed by atoms with Crippen LogP contribution in [0.25, 0.3) is 11.0 Å². The number of Topliss-reactive ketones (excluding diaryl/α,β-unsaturated/α-hetero) is 1. The Balaban J connectivity index is 1.75. The van der Waals surface area contributed by atoms with E-state index < -0.39 is 11.4 Å². The molecule has 0 radical (unpaired) electrons. The second kappa shape index (κ2) is 6.47. The third kappa shape index (κ3) is 2.59. The van der Waals surface area contributed by atoms with E-state index in [0.717, 1.165) is 0 Å². The van der Waals surface area contributed by atoms with E-state index in [1.165, 1.54) is 13.2 Å². The molecule has 8 heteroatoms. The van der Waals surface area contributed by atoms with Gasteiger partial charge in [0.15, 0.2) is 23.4 Å². The van der Waals surface area contributed by atoms with Crippen LogP contribution in [0.3, 0.4) is 0 Å². The highest BCUT2D eigenvalue weighted by molar-refractivity contribution is 6.00. The van der Waals surface area contributed by atoms with Crippen LogP contribution in [-0.2, 0) is 16.0 Å². The number of benzene rings is 1. The molecular weight excluding hydrogens is 366 g/mol. The summed E-state index contributed by atoms with van der Waals surface area (Å²) in [6, 6.07) is 1.39. The molecule has 0 unspecified atom stereocenters. The molecule has 1 aliphatic carbocycles. The highest BCUT2D eigenvalue weighted by Gasteiger charge is 2.45. The van der Waals surface area contributed by atoms with Gasteiger partial charge in [-0.15, -0.1) is 0 Å². The number of nitrogens with zero attached hydrogens (tertiary/aromatic N) is 1. The van der Waals surface area contributed by atoms with E-state index in [9.17, 15) is 24.3 Å². The van der Waals surface area contributed by atoms with Crippen LogP contribution in [0.15, 0.2) is 15.3 Å². The minimum Gasteiger partial charge on any atom is -0.504 e. The Kier molecular flexibility index (Phi) is 4.21. The van der Waals surface area contributed by atoms with Gasteiger partial charge < -0.3 is 19.2 Å². The van der Waals surface area contributed by atoms with E-state index in [1.807, 2.05) is 0 Å². The molecule has 0 spiro atoms. The molecule has 2 aliphatic rings. The lowest BCUT2D eigenvalue weighted by Crippen LogP contribution is -2.41. The fourth-order valence-corrected chi connectivity index (χ4v) is 4.28. The van der Waals surface area contributed by atoms with Gasteiger partial charge in [0.25, 0.3) is 0 Å². The number of likely N-dealkylation sites (tertiary alicyclic amines) is 1. The lowest BCUT2D eigenvalue weighted by atomic mass is 10.00. The summed E-state index contributed by atoms with van der Waals surface area (Å²) >= 11 is 0. The summed E-state index contributed by atoms with van der Waals surface area (Å²) in [5.41, 5.74) is -0.273. The third-order valence-electron chi connectivity index (χ3n) is 5.84. The molecule has 28 heavy (non-hydrogen) atoms. The number of amides is 1. The summed E-state index contributed by atoms with van der Waals surface area (Å²) in [7, 11) is 1.35. The molecule has 2 heterocycles. The summed E-state index contributed by atoms with van der Waals surface area (Å²) in [6.45, 7) is 2.06. The molecule has 1 saturated heterocycles. The molecule has 1 aromatic carbocycles. The smallest absolute Gasteiger partial charge is 0.340 e. The number of carbonyl (C=O) groups excluding carboxylic acids is 3. The zero-order valence-corrected chi connectivity index (χ0v) is 15.5. The number of hydrogen-bond acceptors (Lipinski definition) is 7. The number of phenols is 1. The molecule has 4 rings (SSSR count). The number of ketones is 1. The molecule has 1 saturated carbocycles. The molecule has 2 bridgehead atoms. The van der Waals surface area contributed by atoms with Crippen molar-refractivity contribution in [3.63, 3.8) is 0 Å². The Morgan fingerprint density at radius 3 is 2.75 bits per heavy atom. The largest absolute Gasteiger partial charge is 0.504 e. The van der Waals surface area contributed by atoms with Gasteiger partial charge in [-0.2, -0.15) is 0 Å². The first-order chi connectivity index (χ1) is 13.3. The molecule has 2 aromatic rings. The average molecular weight is 385 g/mol. The fourth-order valence-electron chi connectivity index (χ4n) is 4.28. The van der Waals surface area contributed by atoms with E-state index in [4.69, 9.17) is 9.15 Å². The number of ether oxygens (including phenoxy) is 1. The Bertz CT molecular complexity index is 1080. The Hall–Kier alpha value is -3.16. The second-order valence-corrected chi connectivity index (χ2v) is 7.31. The molecule has 1 aromatic heterocycles. The molecule has 1 N–H and O–H groups in total. The molecular formula is C20H19NO7. The number of phenolic OH excluding ortho intramolecular Hbond substituents is 1. The summed E-state index contributed by atoms with van der Waals surface area (Å²) in [4.78, 5) is 50.1. The van der Waals surface area contributed by atoms with Gasteiger partial charge in [0.05, 0.1) is 19.1 Å². The van der Waals surface area contributed by atoms with Crippen molar-refractivity contribution in [2.45, 2.75) is 32.2 Å². The minimum absolute atomic E-state index is 0.0437. The van der Waals surface area contributed by atoms with Crippen molar-refractivity contribution in [1.29, 1.82) is 0 Å². The number of aromatic hydroxyl groups is 1. The lowest BCUT2D eigenvalue weighted by molar-refractivity contribution is -0.134. The topological polar surface area (TPSA) is 114 Å². The van der Waals surface area contributed by atoms with E-state index in [-0.39, 0.29) is 52.5 Å². The van der Waals surface area contributed by atoms with Crippen LogP contribution in [0.2, 0.25) is 0 Å². The summed E-state index contributed by atoms with van der Waals surface area (Å²) in [5.74, 6) is -0.460. The highest BCUT2D eigenvalue weighted by Crippen LogP contribution is 2.38. The predicted octanol–water partition coefficient (Wildman–Crippen LogP) is 1.36. The fraction of sp³-hybridized carbons (Fsp3) is 0.400. The SMILES string of the molecule is COc1cc2c(C)c(CC(=O)N3C[C@H]4C[C@@H]3CC4=O)c(=O)oc2c(C=O)c1O. The first-order valence-corrected chi connectivity index (χ1v) is 8.99. The number of carbonyl (C=O) groups is 3. The van der Waals surface area contributed by atoms with Crippen molar-refractivity contribution in [3.8, 4) is 11.5 Å². The van der Waals surface area contributed by atoms with Gasteiger partial charge in [-0.1, -0.05) is 0 Å². The number of methoxy groups -OCH3 is 1. The molecule has 1 aliphatic heterocycles. The van der Waals surface area contributed by atoms with Crippen molar-refractivity contribution >= 4 is 28.9 Å². The highest BCUT2D eigenvalue weighted by atomic mass is 16.5. The normalized spacial score (nSPS) is 20.8. The number of fused-ring (bicyclic) bond motifs is 3. The molecule has 8 nitrogen and oxygen atoms in total. The maximum atomic E-state index is 12.8. The summed E-state index contributed by atoms with van der Waals surface area (Å²) in [6.07, 6.45) is 1.31. The zero-order chi connectivity index (χ0) is 20.2. The van der Waals surface area contributed by atoms with E-state index in [1.54, 1.807) is 11.8 Å². The van der Waals surface area contributed by atoms with Crippen molar-refractivity contribution < 1.29 is 28.6 Å². The predicted molar refractivity (Wildman–Crippen MR) is 97.8 cm³/mol. The van der Waals surface area contributed by atoms with Crippen LogP contribution in [0.5, 0.6) is 11.5 Å². The van der Waals surface area contributed by atoms with Crippen molar-refractivity contribution in [3.05, 3.63) is 33.2 Å². The summed E-state index contributed by atoms with van der Waals surface area (Å²) in [5, 5.41) is 10.5. The van der Waals surface area contributed by atoms with Crippen LogP contribution < -0.4 is 10.4 Å². The maximum Gasteiger partial charge on any atom is 0.340 e. The number of aldehydes is 1. The molecule has 146 valence electrons. The van der Waals surface area contributed by atoms with Crippen LogP contribution in [0.1, 0.15) is 34.3 Å². The van der Waals surface area contributed by atoms with E-state index in [2.05, 4.69) is 0 Å². The monoisotopic (exact) mass is 385 g/mol. The lowest BCUT2D eigenvalue weighted by Gasteiger charge is -2.26. The van der Waals surface area contributed by atoms with Crippen LogP contribution in [-0.4, -0.2) is 47.7 Å². The number of rotatable bonds is 4. The van der Waals surface area contributed by atoms with Gasteiger partial charge in [-0.25, -0.2) is 4.79 Å². The van der Waals surface area contributed by atoms with Gasteiger partial charge in [0.1, 0.15) is 11.3 Å². The van der Waals surface area contributed by atoms with Crippen molar-refractivity contribution in [2.75, 3.05) is 13.7 Å². The molecule has 1 amide bonds. The van der Waals surface area contributed by atoms with Crippen molar-refractivity contribution in [2.24, 2.45) is 5.92 Å². The second-order valence-electron chi connectivity index (χ2n) is 7.31.